The fourth-order valence-corrected chi connectivity index (χ4v) is 6.70. The number of unbranched alkanes of at least 4 members (excludes halogenated alkanes) is 2. The van der Waals surface area contributed by atoms with Crippen molar-refractivity contribution >= 4 is 34.2 Å². The van der Waals surface area contributed by atoms with Gasteiger partial charge in [-0.25, -0.2) is 4.98 Å². The average Bonchev–Trinajstić information content (AvgIpc) is 3.22. The first-order valence-corrected chi connectivity index (χ1v) is 16.8. The van der Waals surface area contributed by atoms with Crippen molar-refractivity contribution in [3.05, 3.63) is 69.6 Å². The van der Waals surface area contributed by atoms with Crippen molar-refractivity contribution in [2.45, 2.75) is 71.3 Å². The van der Waals surface area contributed by atoms with Crippen molar-refractivity contribution in [2.75, 3.05) is 38.5 Å². The predicted octanol–water partition coefficient (Wildman–Crippen LogP) is 6.48. The molecule has 0 unspecified atom stereocenters. The summed E-state index contributed by atoms with van der Waals surface area (Å²) in [4.78, 5) is 43.1. The molecule has 3 N–H and O–H groups in total. The molecule has 0 aliphatic heterocycles. The zero-order valence-electron chi connectivity index (χ0n) is 29.5. The summed E-state index contributed by atoms with van der Waals surface area (Å²) in [7, 11) is 6.73. The van der Waals surface area contributed by atoms with Gasteiger partial charge >= 0.3 is 0 Å². The molecule has 1 aromatic heterocycles. The van der Waals surface area contributed by atoms with Crippen molar-refractivity contribution in [3.63, 3.8) is 0 Å². The molecule has 5 rings (SSSR count). The van der Waals surface area contributed by atoms with Gasteiger partial charge in [-0.2, -0.15) is 0 Å². The summed E-state index contributed by atoms with van der Waals surface area (Å²) in [5, 5.41) is 9.33. The van der Waals surface area contributed by atoms with Crippen LogP contribution in [0.25, 0.3) is 22.2 Å². The number of rotatable bonds is 13. The van der Waals surface area contributed by atoms with Crippen LogP contribution in [0, 0.1) is 0 Å². The maximum Gasteiger partial charge on any atom is 0.224 e. The molecule has 1 atom stereocenters. The van der Waals surface area contributed by atoms with Crippen LogP contribution in [-0.2, 0) is 23.1 Å². The van der Waals surface area contributed by atoms with Crippen LogP contribution in [0.3, 0.4) is 0 Å². The lowest BCUT2D eigenvalue weighted by molar-refractivity contribution is -0.119. The number of amides is 2. The standard InChI is InChI=1S/C38H47N5O6/c1-22(2)38-42-30-20-25(13-17-31(30)43(38)4)41-34(46)11-9-8-10-18-39-29-16-14-26-27(21-32(29)45)28(40-23(3)44)15-12-24-19-33(47-5)36(48-6)37(49-7)35(24)26/h13-14,16-17,19-22,28H,8-12,15,18H2,1-7H3,(H,39,45)(H,40,44)(H,41,46)/t28-/m0/s1. The van der Waals surface area contributed by atoms with Crippen molar-refractivity contribution in [1.29, 1.82) is 0 Å². The lowest BCUT2D eigenvalue weighted by atomic mass is 9.95. The summed E-state index contributed by atoms with van der Waals surface area (Å²) in [5.74, 6) is 2.63. The third kappa shape index (κ3) is 7.66. The van der Waals surface area contributed by atoms with Crippen molar-refractivity contribution in [1.82, 2.24) is 14.9 Å². The fraction of sp³-hybridized carbons (Fsp3) is 0.421. The largest absolute Gasteiger partial charge is 0.493 e. The number of benzene rings is 2. The number of ether oxygens (including phenoxy) is 3. The number of anilines is 2. The molecule has 0 saturated carbocycles. The third-order valence-electron chi connectivity index (χ3n) is 9.03. The minimum atomic E-state index is -0.371. The Balaban J connectivity index is 1.25. The summed E-state index contributed by atoms with van der Waals surface area (Å²) < 4.78 is 19.2. The maximum absolute atomic E-state index is 13.5. The molecule has 11 nitrogen and oxygen atoms in total. The van der Waals surface area contributed by atoms with Crippen LogP contribution in [0.5, 0.6) is 17.2 Å². The van der Waals surface area contributed by atoms with E-state index in [-0.39, 0.29) is 23.3 Å². The van der Waals surface area contributed by atoms with E-state index < -0.39 is 0 Å². The van der Waals surface area contributed by atoms with Crippen LogP contribution in [-0.4, -0.2) is 49.2 Å². The van der Waals surface area contributed by atoms with Crippen LogP contribution < -0.4 is 35.6 Å². The van der Waals surface area contributed by atoms with Gasteiger partial charge in [0, 0.05) is 44.1 Å². The first-order chi connectivity index (χ1) is 23.6. The zero-order chi connectivity index (χ0) is 35.2. The molecule has 0 fully saturated rings. The quantitative estimate of drug-likeness (QED) is 0.138. The van der Waals surface area contributed by atoms with Crippen LogP contribution >= 0.6 is 0 Å². The second-order valence-electron chi connectivity index (χ2n) is 12.8. The summed E-state index contributed by atoms with van der Waals surface area (Å²) in [5.41, 5.74) is 6.20. The predicted molar refractivity (Wildman–Crippen MR) is 193 cm³/mol. The number of hydrogen-bond donors (Lipinski definition) is 3. The van der Waals surface area contributed by atoms with Gasteiger partial charge in [0.1, 0.15) is 5.82 Å². The summed E-state index contributed by atoms with van der Waals surface area (Å²) in [6.45, 7) is 6.28. The number of fused-ring (bicyclic) bond motifs is 4. The molecule has 1 aliphatic rings. The maximum atomic E-state index is 13.5. The van der Waals surface area contributed by atoms with E-state index in [0.717, 1.165) is 58.5 Å². The number of imidazole rings is 1. The van der Waals surface area contributed by atoms with E-state index in [1.165, 1.54) is 6.92 Å². The Kier molecular flexibility index (Phi) is 11.1. The minimum absolute atomic E-state index is 0.0376. The minimum Gasteiger partial charge on any atom is -0.493 e. The fourth-order valence-electron chi connectivity index (χ4n) is 6.70. The van der Waals surface area contributed by atoms with Crippen LogP contribution in [0.1, 0.15) is 81.8 Å². The number of nitrogens with one attached hydrogen (secondary N) is 3. The third-order valence-corrected chi connectivity index (χ3v) is 9.03. The summed E-state index contributed by atoms with van der Waals surface area (Å²) in [6.07, 6.45) is 3.94. The Bertz CT molecular complexity index is 1920. The van der Waals surface area contributed by atoms with Crippen molar-refractivity contribution < 1.29 is 23.8 Å². The number of aromatic nitrogens is 2. The normalized spacial score (nSPS) is 13.7. The smallest absolute Gasteiger partial charge is 0.224 e. The number of nitrogens with zero attached hydrogens (tertiary/aromatic N) is 2. The highest BCUT2D eigenvalue weighted by Crippen LogP contribution is 2.50. The van der Waals surface area contributed by atoms with Gasteiger partial charge in [0.15, 0.2) is 11.5 Å². The van der Waals surface area contributed by atoms with E-state index in [1.54, 1.807) is 33.5 Å². The van der Waals surface area contributed by atoms with E-state index >= 15 is 0 Å². The van der Waals surface area contributed by atoms with Gasteiger partial charge in [-0.05, 0) is 78.8 Å². The molecular formula is C38H47N5O6. The SMILES string of the molecule is COc1cc2c(c(OC)c1OC)-c1ccc(NCCCCCC(=O)Nc3ccc4c(c3)nc(C(C)C)n4C)c(=O)cc1[C@@H](NC(C)=O)CC2. The Hall–Kier alpha value is -5.06. The Morgan fingerprint density at radius 3 is 2.45 bits per heavy atom. The van der Waals surface area contributed by atoms with E-state index in [0.29, 0.717) is 60.2 Å². The molecule has 11 heteroatoms. The van der Waals surface area contributed by atoms with Crippen LogP contribution in [0.2, 0.25) is 0 Å². The van der Waals surface area contributed by atoms with Gasteiger partial charge in [-0.3, -0.25) is 14.4 Å². The zero-order valence-corrected chi connectivity index (χ0v) is 29.5. The van der Waals surface area contributed by atoms with Crippen molar-refractivity contribution in [3.8, 4) is 28.4 Å². The molecule has 0 bridgehead atoms. The number of methoxy groups -OCH3 is 3. The van der Waals surface area contributed by atoms with Gasteiger partial charge in [-0.1, -0.05) is 26.3 Å². The van der Waals surface area contributed by atoms with E-state index in [4.69, 9.17) is 19.2 Å². The molecule has 4 aromatic rings. The first kappa shape index (κ1) is 35.3. The summed E-state index contributed by atoms with van der Waals surface area (Å²) >= 11 is 0. The number of carbonyl (C=O) groups excluding carboxylic acids is 2. The Labute approximate surface area is 287 Å². The van der Waals surface area contributed by atoms with Gasteiger partial charge in [0.05, 0.1) is 44.1 Å². The first-order valence-electron chi connectivity index (χ1n) is 16.8. The van der Waals surface area contributed by atoms with Crippen molar-refractivity contribution in [2.24, 2.45) is 7.05 Å². The average molecular weight is 670 g/mol. The number of hydrogen-bond acceptors (Lipinski definition) is 8. The molecule has 1 aliphatic carbocycles. The Morgan fingerprint density at radius 1 is 0.980 bits per heavy atom. The molecule has 0 radical (unpaired) electrons. The molecule has 0 spiro atoms. The highest BCUT2D eigenvalue weighted by Gasteiger charge is 2.29. The molecule has 2 amide bonds. The highest BCUT2D eigenvalue weighted by molar-refractivity contribution is 5.93. The molecular weight excluding hydrogens is 622 g/mol. The van der Waals surface area contributed by atoms with E-state index in [2.05, 4.69) is 34.4 Å². The Morgan fingerprint density at radius 2 is 1.76 bits per heavy atom. The summed E-state index contributed by atoms with van der Waals surface area (Å²) in [6, 6.07) is 12.7. The molecule has 1 heterocycles. The second-order valence-corrected chi connectivity index (χ2v) is 12.8. The molecule has 260 valence electrons. The van der Waals surface area contributed by atoms with Crippen LogP contribution in [0.4, 0.5) is 11.4 Å². The van der Waals surface area contributed by atoms with Gasteiger partial charge in [0.2, 0.25) is 23.0 Å². The second kappa shape index (κ2) is 15.4. The van der Waals surface area contributed by atoms with Crippen LogP contribution in [0.15, 0.2) is 47.3 Å². The van der Waals surface area contributed by atoms with E-state index in [1.807, 2.05) is 37.4 Å². The molecule has 0 saturated heterocycles. The van der Waals surface area contributed by atoms with E-state index in [9.17, 15) is 14.4 Å². The van der Waals surface area contributed by atoms with Gasteiger partial charge in [-0.15, -0.1) is 0 Å². The monoisotopic (exact) mass is 669 g/mol. The lowest BCUT2D eigenvalue weighted by Crippen LogP contribution is -2.26. The molecule has 3 aromatic carbocycles. The number of carbonyl (C=O) groups is 2. The molecule has 49 heavy (non-hydrogen) atoms. The topological polar surface area (TPSA) is 133 Å². The highest BCUT2D eigenvalue weighted by atomic mass is 16.5. The van der Waals surface area contributed by atoms with Gasteiger partial charge < -0.3 is 34.7 Å². The number of aryl methyl sites for hydroxylation is 2. The lowest BCUT2D eigenvalue weighted by Gasteiger charge is -2.19. The van der Waals surface area contributed by atoms with Gasteiger partial charge in [0.25, 0.3) is 0 Å².